The van der Waals surface area contributed by atoms with E-state index in [1.165, 1.54) is 0 Å². The molecule has 2 aliphatic rings. The number of ether oxygens (including phenoxy) is 1. The van der Waals surface area contributed by atoms with E-state index >= 15 is 0 Å². The Morgan fingerprint density at radius 2 is 1.90 bits per heavy atom. The summed E-state index contributed by atoms with van der Waals surface area (Å²) in [7, 11) is 0. The van der Waals surface area contributed by atoms with Crippen molar-refractivity contribution < 1.29 is 19.1 Å². The van der Waals surface area contributed by atoms with Gasteiger partial charge in [0.2, 0.25) is 11.8 Å². The number of likely N-dealkylation sites (tertiary alicyclic amines) is 2. The Hall–Kier alpha value is -2.57. The van der Waals surface area contributed by atoms with Crippen LogP contribution in [0.3, 0.4) is 0 Å². The fraction of sp³-hybridized carbons (Fsp3) is 0.609. The molecule has 2 unspecified atom stereocenters. The van der Waals surface area contributed by atoms with Gasteiger partial charge in [0.1, 0.15) is 5.60 Å². The van der Waals surface area contributed by atoms with Gasteiger partial charge in [-0.3, -0.25) is 9.59 Å². The van der Waals surface area contributed by atoms with Gasteiger partial charge in [-0.15, -0.1) is 0 Å². The van der Waals surface area contributed by atoms with E-state index in [4.69, 9.17) is 4.74 Å². The number of hydrogen-bond acceptors (Lipinski definition) is 4. The molecule has 2 heterocycles. The van der Waals surface area contributed by atoms with Crippen LogP contribution in [0.4, 0.5) is 4.79 Å². The first-order chi connectivity index (χ1) is 14.2. The summed E-state index contributed by atoms with van der Waals surface area (Å²) in [6, 6.07) is 9.78. The molecule has 2 atom stereocenters. The summed E-state index contributed by atoms with van der Waals surface area (Å²) < 4.78 is 5.30. The normalized spacial score (nSPS) is 22.2. The molecule has 0 saturated carbocycles. The van der Waals surface area contributed by atoms with Crippen molar-refractivity contribution in [2.45, 2.75) is 64.6 Å². The molecule has 3 amide bonds. The Morgan fingerprint density at radius 3 is 2.60 bits per heavy atom. The number of nitrogens with zero attached hydrogens (tertiary/aromatic N) is 2. The van der Waals surface area contributed by atoms with E-state index in [0.29, 0.717) is 26.2 Å². The summed E-state index contributed by atoms with van der Waals surface area (Å²) in [5.74, 6) is -0.268. The van der Waals surface area contributed by atoms with Crippen molar-refractivity contribution in [3.8, 4) is 0 Å². The van der Waals surface area contributed by atoms with Gasteiger partial charge in [0, 0.05) is 38.6 Å². The smallest absolute Gasteiger partial charge is 0.407 e. The molecule has 1 aromatic carbocycles. The molecule has 7 heteroatoms. The van der Waals surface area contributed by atoms with Crippen LogP contribution in [0.2, 0.25) is 0 Å². The van der Waals surface area contributed by atoms with Gasteiger partial charge in [-0.1, -0.05) is 30.3 Å². The highest BCUT2D eigenvalue weighted by Crippen LogP contribution is 2.26. The highest BCUT2D eigenvalue weighted by Gasteiger charge is 2.39. The first-order valence-electron chi connectivity index (χ1n) is 10.8. The molecular weight excluding hydrogens is 382 g/mol. The van der Waals surface area contributed by atoms with Crippen LogP contribution in [0.5, 0.6) is 0 Å². The molecule has 1 aromatic rings. The Bertz CT molecular complexity index is 759. The lowest BCUT2D eigenvalue weighted by molar-refractivity contribution is -0.139. The Kier molecular flexibility index (Phi) is 7.00. The summed E-state index contributed by atoms with van der Waals surface area (Å²) in [5, 5.41) is 2.80. The molecular formula is C23H33N3O4. The minimum absolute atomic E-state index is 0.0228. The van der Waals surface area contributed by atoms with Crippen molar-refractivity contribution in [1.82, 2.24) is 15.1 Å². The topological polar surface area (TPSA) is 79.0 Å². The maximum absolute atomic E-state index is 13.2. The van der Waals surface area contributed by atoms with Gasteiger partial charge in [-0.05, 0) is 45.6 Å². The molecule has 30 heavy (non-hydrogen) atoms. The number of hydrogen-bond donors (Lipinski definition) is 1. The van der Waals surface area contributed by atoms with Crippen LogP contribution >= 0.6 is 0 Å². The van der Waals surface area contributed by atoms with Crippen molar-refractivity contribution in [2.75, 3.05) is 19.6 Å². The highest BCUT2D eigenvalue weighted by molar-refractivity contribution is 5.89. The zero-order valence-electron chi connectivity index (χ0n) is 18.2. The lowest BCUT2D eigenvalue weighted by atomic mass is 9.98. The third-order valence-electron chi connectivity index (χ3n) is 5.57. The second-order valence-corrected chi connectivity index (χ2v) is 9.22. The number of carbonyl (C=O) groups excluding carboxylic acids is 3. The van der Waals surface area contributed by atoms with Crippen LogP contribution in [0.15, 0.2) is 30.3 Å². The number of benzene rings is 1. The van der Waals surface area contributed by atoms with Gasteiger partial charge in [-0.25, -0.2) is 4.79 Å². The van der Waals surface area contributed by atoms with Crippen LogP contribution in [0.25, 0.3) is 0 Å². The zero-order valence-corrected chi connectivity index (χ0v) is 18.2. The second-order valence-electron chi connectivity index (χ2n) is 9.22. The van der Waals surface area contributed by atoms with E-state index in [9.17, 15) is 14.4 Å². The first-order valence-corrected chi connectivity index (χ1v) is 10.8. The number of carbonyl (C=O) groups is 3. The van der Waals surface area contributed by atoms with Gasteiger partial charge in [0.15, 0.2) is 0 Å². The van der Waals surface area contributed by atoms with Gasteiger partial charge in [0.25, 0.3) is 0 Å². The maximum Gasteiger partial charge on any atom is 0.407 e. The summed E-state index contributed by atoms with van der Waals surface area (Å²) in [6.45, 7) is 7.49. The molecule has 7 nitrogen and oxygen atoms in total. The largest absolute Gasteiger partial charge is 0.444 e. The van der Waals surface area contributed by atoms with Crippen molar-refractivity contribution >= 4 is 17.9 Å². The predicted octanol–water partition coefficient (Wildman–Crippen LogP) is 2.94. The van der Waals surface area contributed by atoms with Gasteiger partial charge in [0.05, 0.1) is 5.92 Å². The van der Waals surface area contributed by atoms with Crippen LogP contribution in [-0.4, -0.2) is 59.0 Å². The van der Waals surface area contributed by atoms with Crippen molar-refractivity contribution in [3.05, 3.63) is 35.9 Å². The first kappa shape index (κ1) is 22.1. The third kappa shape index (κ3) is 5.97. The Balaban J connectivity index is 1.57. The Morgan fingerprint density at radius 1 is 1.17 bits per heavy atom. The number of amides is 3. The van der Waals surface area contributed by atoms with Gasteiger partial charge < -0.3 is 19.9 Å². The zero-order chi connectivity index (χ0) is 21.7. The third-order valence-corrected chi connectivity index (χ3v) is 5.57. The van der Waals surface area contributed by atoms with E-state index < -0.39 is 11.7 Å². The molecule has 0 radical (unpaired) electrons. The molecule has 2 saturated heterocycles. The molecule has 3 rings (SSSR count). The summed E-state index contributed by atoms with van der Waals surface area (Å²) in [6.07, 6.45) is 2.60. The number of nitrogens with one attached hydrogen (secondary N) is 1. The number of piperidine rings is 1. The standard InChI is InChI=1S/C23H33N3O4/c1-23(2,3)30-22(29)24-14-19-11-7-8-12-26(19)21(28)18-13-20(27)25(16-18)15-17-9-5-4-6-10-17/h4-6,9-10,18-19H,7-8,11-16H2,1-3H3,(H,24,29). The molecule has 0 bridgehead atoms. The minimum Gasteiger partial charge on any atom is -0.444 e. The van der Waals surface area contributed by atoms with E-state index in [1.54, 1.807) is 4.90 Å². The van der Waals surface area contributed by atoms with Gasteiger partial charge in [-0.2, -0.15) is 0 Å². The Labute approximate surface area is 178 Å². The van der Waals surface area contributed by atoms with E-state index in [1.807, 2.05) is 56.0 Å². The fourth-order valence-corrected chi connectivity index (χ4v) is 4.15. The highest BCUT2D eigenvalue weighted by atomic mass is 16.6. The predicted molar refractivity (Wildman–Crippen MR) is 114 cm³/mol. The monoisotopic (exact) mass is 415 g/mol. The maximum atomic E-state index is 13.2. The summed E-state index contributed by atoms with van der Waals surface area (Å²) in [4.78, 5) is 41.4. The number of alkyl carbamates (subject to hydrolysis) is 1. The quantitative estimate of drug-likeness (QED) is 0.802. The molecule has 2 fully saturated rings. The van der Waals surface area contributed by atoms with Crippen LogP contribution in [0, 0.1) is 5.92 Å². The van der Waals surface area contributed by atoms with E-state index in [2.05, 4.69) is 5.32 Å². The van der Waals surface area contributed by atoms with Crippen molar-refractivity contribution in [3.63, 3.8) is 0 Å². The molecule has 0 aromatic heterocycles. The number of rotatable bonds is 5. The summed E-state index contributed by atoms with van der Waals surface area (Å²) in [5.41, 5.74) is 0.509. The lowest BCUT2D eigenvalue weighted by Gasteiger charge is -2.37. The molecule has 1 N–H and O–H groups in total. The van der Waals surface area contributed by atoms with Crippen molar-refractivity contribution in [2.24, 2.45) is 5.92 Å². The molecule has 2 aliphatic heterocycles. The SMILES string of the molecule is CC(C)(C)OC(=O)NCC1CCCCN1C(=O)C1CC(=O)N(Cc2ccccc2)C1. The molecule has 164 valence electrons. The van der Waals surface area contributed by atoms with E-state index in [-0.39, 0.29) is 30.2 Å². The molecule has 0 aliphatic carbocycles. The van der Waals surface area contributed by atoms with Crippen LogP contribution in [-0.2, 0) is 20.9 Å². The van der Waals surface area contributed by atoms with Crippen LogP contribution < -0.4 is 5.32 Å². The average Bonchev–Trinajstić information content (AvgIpc) is 3.06. The fourth-order valence-electron chi connectivity index (χ4n) is 4.15. The lowest BCUT2D eigenvalue weighted by Crippen LogP contribution is -2.51. The van der Waals surface area contributed by atoms with E-state index in [0.717, 1.165) is 24.8 Å². The van der Waals surface area contributed by atoms with Crippen LogP contribution in [0.1, 0.15) is 52.0 Å². The second kappa shape index (κ2) is 9.49. The minimum atomic E-state index is -0.557. The van der Waals surface area contributed by atoms with Gasteiger partial charge >= 0.3 is 6.09 Å². The average molecular weight is 416 g/mol. The summed E-state index contributed by atoms with van der Waals surface area (Å²) >= 11 is 0. The molecule has 0 spiro atoms. The van der Waals surface area contributed by atoms with Crippen molar-refractivity contribution in [1.29, 1.82) is 0 Å².